The molecule has 5 heteroatoms. The topological polar surface area (TPSA) is 46.9 Å². The van der Waals surface area contributed by atoms with E-state index in [-0.39, 0.29) is 12.1 Å². The van der Waals surface area contributed by atoms with E-state index in [9.17, 15) is 10.2 Å². The number of nitrogens with zero attached hydrogens (tertiary/aromatic N) is 2. The number of hydrogen-bond acceptors (Lipinski definition) is 4. The number of benzene rings is 2. The van der Waals surface area contributed by atoms with E-state index in [0.717, 1.165) is 44.7 Å². The molecule has 1 heterocycles. The Hall–Kier alpha value is -1.31. The molecule has 0 bridgehead atoms. The third-order valence-electron chi connectivity index (χ3n) is 5.82. The molecule has 1 fully saturated rings. The van der Waals surface area contributed by atoms with Gasteiger partial charge in [0.1, 0.15) is 5.75 Å². The summed E-state index contributed by atoms with van der Waals surface area (Å²) in [4.78, 5) is 4.80. The Morgan fingerprint density at radius 2 is 1.81 bits per heavy atom. The van der Waals surface area contributed by atoms with Gasteiger partial charge < -0.3 is 15.1 Å². The molecule has 4 rings (SSSR count). The monoisotopic (exact) mass is 464 g/mol. The van der Waals surface area contributed by atoms with Gasteiger partial charge in [0.15, 0.2) is 0 Å². The van der Waals surface area contributed by atoms with Gasteiger partial charge in [-0.05, 0) is 64.8 Å². The lowest BCUT2D eigenvalue weighted by atomic mass is 9.85. The highest BCUT2D eigenvalue weighted by atomic mass is 127. The van der Waals surface area contributed by atoms with Crippen LogP contribution in [0.15, 0.2) is 36.4 Å². The second-order valence-electron chi connectivity index (χ2n) is 7.41. The summed E-state index contributed by atoms with van der Waals surface area (Å²) in [7, 11) is 0. The molecule has 1 aliphatic carbocycles. The molecule has 1 aliphatic heterocycles. The number of anilines is 1. The summed E-state index contributed by atoms with van der Waals surface area (Å²) in [5.41, 5.74) is 5.02. The van der Waals surface area contributed by atoms with Gasteiger partial charge in [-0.2, -0.15) is 0 Å². The highest BCUT2D eigenvalue weighted by molar-refractivity contribution is 14.1. The zero-order chi connectivity index (χ0) is 18.3. The van der Waals surface area contributed by atoms with Crippen molar-refractivity contribution >= 4 is 28.3 Å². The summed E-state index contributed by atoms with van der Waals surface area (Å²) in [6.45, 7) is 5.81. The van der Waals surface area contributed by atoms with Gasteiger partial charge in [-0.3, -0.25) is 4.90 Å². The highest BCUT2D eigenvalue weighted by Gasteiger charge is 2.34. The average Bonchev–Trinajstić information content (AvgIpc) is 2.64. The van der Waals surface area contributed by atoms with Crippen molar-refractivity contribution in [3.63, 3.8) is 0 Å². The fourth-order valence-electron chi connectivity index (χ4n) is 4.34. The minimum atomic E-state index is -0.297. The second-order valence-corrected chi connectivity index (χ2v) is 8.58. The fraction of sp³-hybridized carbons (Fsp3) is 0.429. The van der Waals surface area contributed by atoms with E-state index in [2.05, 4.69) is 57.5 Å². The van der Waals surface area contributed by atoms with E-state index >= 15 is 0 Å². The third kappa shape index (κ3) is 3.44. The molecule has 0 unspecified atom stereocenters. The number of hydrogen-bond donors (Lipinski definition) is 2. The van der Waals surface area contributed by atoms with Crippen molar-refractivity contribution in [3.8, 4) is 5.75 Å². The third-order valence-corrected chi connectivity index (χ3v) is 6.83. The van der Waals surface area contributed by atoms with Crippen molar-refractivity contribution in [2.45, 2.75) is 31.9 Å². The van der Waals surface area contributed by atoms with E-state index in [1.807, 2.05) is 12.1 Å². The zero-order valence-electron chi connectivity index (χ0n) is 15.0. The maximum Gasteiger partial charge on any atom is 0.117 e. The number of phenols is 1. The smallest absolute Gasteiger partial charge is 0.117 e. The minimum Gasteiger partial charge on any atom is -0.508 e. The number of phenolic OH excluding ortho intramolecular Hbond substituents is 1. The molecule has 2 aromatic carbocycles. The molecule has 138 valence electrons. The summed E-state index contributed by atoms with van der Waals surface area (Å²) in [5, 5.41) is 20.5. The predicted molar refractivity (Wildman–Crippen MR) is 113 cm³/mol. The van der Waals surface area contributed by atoms with Crippen LogP contribution in [0.4, 0.5) is 5.69 Å². The van der Waals surface area contributed by atoms with Gasteiger partial charge >= 0.3 is 0 Å². The molecular weight excluding hydrogens is 439 g/mol. The number of fused-ring (bicyclic) bond motifs is 1. The molecule has 2 aliphatic rings. The van der Waals surface area contributed by atoms with Crippen LogP contribution in [-0.4, -0.2) is 53.4 Å². The molecule has 0 amide bonds. The Balaban J connectivity index is 1.46. The van der Waals surface area contributed by atoms with Crippen molar-refractivity contribution < 1.29 is 10.2 Å². The van der Waals surface area contributed by atoms with Crippen LogP contribution in [0.2, 0.25) is 0 Å². The van der Waals surface area contributed by atoms with Gasteiger partial charge in [-0.15, -0.1) is 0 Å². The Bertz CT molecular complexity index is 803. The van der Waals surface area contributed by atoms with E-state index in [0.29, 0.717) is 5.75 Å². The van der Waals surface area contributed by atoms with Crippen molar-refractivity contribution in [2.75, 3.05) is 31.1 Å². The van der Waals surface area contributed by atoms with E-state index in [1.54, 1.807) is 6.07 Å². The van der Waals surface area contributed by atoms with Crippen LogP contribution in [0.25, 0.3) is 0 Å². The van der Waals surface area contributed by atoms with Crippen LogP contribution in [0.3, 0.4) is 0 Å². The lowest BCUT2D eigenvalue weighted by Gasteiger charge is -2.44. The molecule has 1 saturated heterocycles. The van der Waals surface area contributed by atoms with Crippen LogP contribution >= 0.6 is 22.6 Å². The van der Waals surface area contributed by atoms with Gasteiger partial charge in [-0.1, -0.05) is 18.2 Å². The lowest BCUT2D eigenvalue weighted by Crippen LogP contribution is -2.56. The first kappa shape index (κ1) is 18.1. The number of rotatable bonds is 2. The highest BCUT2D eigenvalue weighted by Crippen LogP contribution is 2.30. The normalized spacial score (nSPS) is 23.7. The van der Waals surface area contributed by atoms with E-state index < -0.39 is 0 Å². The molecule has 2 aromatic rings. The first-order valence-corrected chi connectivity index (χ1v) is 10.3. The van der Waals surface area contributed by atoms with Gasteiger partial charge in [0, 0.05) is 54.0 Å². The van der Waals surface area contributed by atoms with Crippen molar-refractivity contribution in [3.05, 3.63) is 56.7 Å². The van der Waals surface area contributed by atoms with Crippen LogP contribution in [0.5, 0.6) is 5.75 Å². The van der Waals surface area contributed by atoms with Crippen molar-refractivity contribution in [2.24, 2.45) is 0 Å². The second kappa shape index (κ2) is 7.37. The quantitative estimate of drug-likeness (QED) is 0.672. The first-order chi connectivity index (χ1) is 12.5. The number of piperazine rings is 1. The molecule has 0 spiro atoms. The molecule has 0 radical (unpaired) electrons. The van der Waals surface area contributed by atoms with Crippen LogP contribution in [0.1, 0.15) is 16.7 Å². The molecule has 2 N–H and O–H groups in total. The average molecular weight is 464 g/mol. The van der Waals surface area contributed by atoms with E-state index in [4.69, 9.17) is 0 Å². The Labute approximate surface area is 168 Å². The molecule has 26 heavy (non-hydrogen) atoms. The number of aryl methyl sites for hydroxylation is 1. The molecule has 0 saturated carbocycles. The molecular formula is C21H25IN2O2. The van der Waals surface area contributed by atoms with Crippen LogP contribution < -0.4 is 4.90 Å². The summed E-state index contributed by atoms with van der Waals surface area (Å²) in [6.07, 6.45) is 1.39. The SMILES string of the molecule is Cc1ccc(O)cc1N1CCN([C@@H]2Cc3c(I)cccc3C[C@H]2O)CC1. The van der Waals surface area contributed by atoms with Gasteiger partial charge in [0.25, 0.3) is 0 Å². The van der Waals surface area contributed by atoms with Crippen molar-refractivity contribution in [1.82, 2.24) is 4.90 Å². The summed E-state index contributed by atoms with van der Waals surface area (Å²) in [6, 6.07) is 12.2. The summed E-state index contributed by atoms with van der Waals surface area (Å²) < 4.78 is 1.31. The zero-order valence-corrected chi connectivity index (χ0v) is 17.2. The Kier molecular flexibility index (Phi) is 5.12. The molecule has 4 nitrogen and oxygen atoms in total. The fourth-order valence-corrected chi connectivity index (χ4v) is 5.11. The maximum absolute atomic E-state index is 10.7. The summed E-state index contributed by atoms with van der Waals surface area (Å²) in [5.74, 6) is 0.321. The predicted octanol–water partition coefficient (Wildman–Crippen LogP) is 2.96. The number of aromatic hydroxyl groups is 1. The van der Waals surface area contributed by atoms with Crippen molar-refractivity contribution in [1.29, 1.82) is 0 Å². The Morgan fingerprint density at radius 3 is 2.58 bits per heavy atom. The van der Waals surface area contributed by atoms with Crippen LogP contribution in [-0.2, 0) is 12.8 Å². The first-order valence-electron chi connectivity index (χ1n) is 9.26. The van der Waals surface area contributed by atoms with E-state index in [1.165, 1.54) is 20.3 Å². The Morgan fingerprint density at radius 1 is 1.04 bits per heavy atom. The largest absolute Gasteiger partial charge is 0.508 e. The van der Waals surface area contributed by atoms with Gasteiger partial charge in [0.05, 0.1) is 6.10 Å². The van der Waals surface area contributed by atoms with Crippen LogP contribution in [0, 0.1) is 10.5 Å². The number of halogens is 1. The summed E-state index contributed by atoms with van der Waals surface area (Å²) >= 11 is 2.42. The van der Waals surface area contributed by atoms with Gasteiger partial charge in [-0.25, -0.2) is 0 Å². The minimum absolute atomic E-state index is 0.200. The number of aliphatic hydroxyl groups excluding tert-OH is 1. The maximum atomic E-state index is 10.7. The standard InChI is InChI=1S/C21H25IN2O2/c1-14-5-6-16(25)12-19(14)23-7-9-24(10-8-23)20-13-17-15(11-21(20)26)3-2-4-18(17)22/h2-6,12,20-21,25-26H,7-11,13H2,1H3/t20-,21-/m1/s1. The van der Waals surface area contributed by atoms with Gasteiger partial charge in [0.2, 0.25) is 0 Å². The number of aliphatic hydroxyl groups is 1. The molecule has 0 aromatic heterocycles. The molecule has 2 atom stereocenters. The lowest BCUT2D eigenvalue weighted by molar-refractivity contribution is 0.0393.